The van der Waals surface area contributed by atoms with Crippen molar-refractivity contribution in [2.24, 2.45) is 5.92 Å². The van der Waals surface area contributed by atoms with E-state index < -0.39 is 0 Å². The first-order valence-corrected chi connectivity index (χ1v) is 5.12. The lowest BCUT2D eigenvalue weighted by Gasteiger charge is -2.23. The van der Waals surface area contributed by atoms with Gasteiger partial charge in [0.05, 0.1) is 11.7 Å². The molecule has 0 fully saturated rings. The fourth-order valence-corrected chi connectivity index (χ4v) is 1.19. The molecule has 80 valence electrons. The molecule has 0 aliphatic rings. The average Bonchev–Trinajstić information content (AvgIpc) is 2.04. The minimum atomic E-state index is -0.189. The van der Waals surface area contributed by atoms with Gasteiger partial charge in [-0.05, 0) is 39.5 Å². The lowest BCUT2D eigenvalue weighted by atomic mass is 9.94. The van der Waals surface area contributed by atoms with E-state index in [1.807, 2.05) is 6.92 Å². The topological polar surface area (TPSA) is 29.5 Å². The first-order chi connectivity index (χ1) is 5.89. The van der Waals surface area contributed by atoms with Crippen molar-refractivity contribution in [3.63, 3.8) is 0 Å². The Balaban J connectivity index is 3.56. The number of ether oxygens (including phenoxy) is 1. The van der Waals surface area contributed by atoms with Crippen LogP contribution in [-0.2, 0) is 4.74 Å². The molecule has 0 radical (unpaired) electrons. The fourth-order valence-electron chi connectivity index (χ4n) is 1.19. The molecule has 0 aliphatic carbocycles. The van der Waals surface area contributed by atoms with E-state index >= 15 is 0 Å². The second-order valence-corrected chi connectivity index (χ2v) is 4.57. The summed E-state index contributed by atoms with van der Waals surface area (Å²) in [5.41, 5.74) is -0.0155. The minimum absolute atomic E-state index is 0.0155. The van der Waals surface area contributed by atoms with Gasteiger partial charge >= 0.3 is 0 Å². The Hall–Kier alpha value is -0.0800. The summed E-state index contributed by atoms with van der Waals surface area (Å²) in [5.74, 6) is 0.396. The standard InChI is InChI=1S/C11H24O2/c1-9(10(2)12)7-6-8-11(3,4)13-5/h9-10,12H,6-8H2,1-5H3/t9-,10-/m1/s1. The van der Waals surface area contributed by atoms with Crippen molar-refractivity contribution in [3.8, 4) is 0 Å². The van der Waals surface area contributed by atoms with E-state index in [1.165, 1.54) is 0 Å². The summed E-state index contributed by atoms with van der Waals surface area (Å²) < 4.78 is 5.32. The van der Waals surface area contributed by atoms with Crippen LogP contribution >= 0.6 is 0 Å². The summed E-state index contributed by atoms with van der Waals surface area (Å²) in [4.78, 5) is 0. The summed E-state index contributed by atoms with van der Waals surface area (Å²) >= 11 is 0. The summed E-state index contributed by atoms with van der Waals surface area (Å²) in [6.45, 7) is 8.14. The highest BCUT2D eigenvalue weighted by molar-refractivity contribution is 4.69. The zero-order chi connectivity index (χ0) is 10.5. The van der Waals surface area contributed by atoms with Gasteiger partial charge in [0.15, 0.2) is 0 Å². The predicted octanol–water partition coefficient (Wildman–Crippen LogP) is 2.60. The van der Waals surface area contributed by atoms with Crippen molar-refractivity contribution >= 4 is 0 Å². The normalized spacial score (nSPS) is 17.1. The molecule has 1 N–H and O–H groups in total. The molecule has 2 nitrogen and oxygen atoms in total. The molecule has 0 aromatic heterocycles. The SMILES string of the molecule is COC(C)(C)CCC[C@@H](C)[C@@H](C)O. The number of aliphatic hydroxyl groups excluding tert-OH is 1. The quantitative estimate of drug-likeness (QED) is 0.694. The van der Waals surface area contributed by atoms with Crippen LogP contribution < -0.4 is 0 Å². The number of hydrogen-bond acceptors (Lipinski definition) is 2. The molecule has 0 aromatic carbocycles. The molecular formula is C11H24O2. The molecule has 13 heavy (non-hydrogen) atoms. The van der Waals surface area contributed by atoms with Gasteiger partial charge in [-0.25, -0.2) is 0 Å². The van der Waals surface area contributed by atoms with Crippen LogP contribution in [0.1, 0.15) is 47.0 Å². The van der Waals surface area contributed by atoms with Crippen molar-refractivity contribution in [3.05, 3.63) is 0 Å². The Morgan fingerprint density at radius 1 is 1.31 bits per heavy atom. The maximum Gasteiger partial charge on any atom is 0.0622 e. The van der Waals surface area contributed by atoms with E-state index in [9.17, 15) is 5.11 Å². The first-order valence-electron chi connectivity index (χ1n) is 5.12. The summed E-state index contributed by atoms with van der Waals surface area (Å²) in [6, 6.07) is 0. The predicted molar refractivity (Wildman–Crippen MR) is 55.8 cm³/mol. The maximum atomic E-state index is 9.28. The van der Waals surface area contributed by atoms with E-state index in [0.717, 1.165) is 19.3 Å². The van der Waals surface area contributed by atoms with Crippen LogP contribution in [0.25, 0.3) is 0 Å². The molecule has 0 saturated carbocycles. The number of aliphatic hydroxyl groups is 1. The maximum absolute atomic E-state index is 9.28. The largest absolute Gasteiger partial charge is 0.393 e. The fraction of sp³-hybridized carbons (Fsp3) is 1.00. The smallest absolute Gasteiger partial charge is 0.0622 e. The van der Waals surface area contributed by atoms with E-state index in [4.69, 9.17) is 4.74 Å². The van der Waals surface area contributed by atoms with Gasteiger partial charge in [0.1, 0.15) is 0 Å². The zero-order valence-corrected chi connectivity index (χ0v) is 9.63. The number of methoxy groups -OCH3 is 1. The number of hydrogen-bond donors (Lipinski definition) is 1. The minimum Gasteiger partial charge on any atom is -0.393 e. The Morgan fingerprint density at radius 3 is 2.23 bits per heavy atom. The van der Waals surface area contributed by atoms with Gasteiger partial charge in [0, 0.05) is 7.11 Å². The van der Waals surface area contributed by atoms with Crippen LogP contribution in [0, 0.1) is 5.92 Å². The van der Waals surface area contributed by atoms with Crippen LogP contribution in [0.3, 0.4) is 0 Å². The van der Waals surface area contributed by atoms with Crippen LogP contribution in [0.15, 0.2) is 0 Å². The van der Waals surface area contributed by atoms with Gasteiger partial charge in [-0.1, -0.05) is 13.3 Å². The van der Waals surface area contributed by atoms with E-state index in [0.29, 0.717) is 5.92 Å². The van der Waals surface area contributed by atoms with Crippen molar-refractivity contribution in [2.75, 3.05) is 7.11 Å². The first kappa shape index (κ1) is 12.9. The molecule has 0 bridgehead atoms. The molecule has 2 atom stereocenters. The van der Waals surface area contributed by atoms with Crippen molar-refractivity contribution in [1.29, 1.82) is 0 Å². The third-order valence-corrected chi connectivity index (χ3v) is 2.81. The van der Waals surface area contributed by atoms with Gasteiger partial charge in [0.2, 0.25) is 0 Å². The Labute approximate surface area is 82.3 Å². The van der Waals surface area contributed by atoms with Crippen LogP contribution in [0.2, 0.25) is 0 Å². The Morgan fingerprint density at radius 2 is 1.85 bits per heavy atom. The van der Waals surface area contributed by atoms with Gasteiger partial charge < -0.3 is 9.84 Å². The van der Waals surface area contributed by atoms with E-state index in [1.54, 1.807) is 7.11 Å². The third kappa shape index (κ3) is 6.05. The van der Waals surface area contributed by atoms with Crippen molar-refractivity contribution in [1.82, 2.24) is 0 Å². The Bertz CT molecular complexity index is 130. The Kier molecular flexibility index (Phi) is 5.57. The lowest BCUT2D eigenvalue weighted by molar-refractivity contribution is 0.0111. The second kappa shape index (κ2) is 5.61. The zero-order valence-electron chi connectivity index (χ0n) is 9.63. The molecule has 0 aromatic rings. The average molecular weight is 188 g/mol. The van der Waals surface area contributed by atoms with Gasteiger partial charge in [0.25, 0.3) is 0 Å². The molecule has 0 rings (SSSR count). The summed E-state index contributed by atoms with van der Waals surface area (Å²) in [6.07, 6.45) is 3.06. The summed E-state index contributed by atoms with van der Waals surface area (Å²) in [5, 5.41) is 9.28. The number of rotatable bonds is 6. The second-order valence-electron chi connectivity index (χ2n) is 4.57. The van der Waals surface area contributed by atoms with Crippen LogP contribution in [-0.4, -0.2) is 23.9 Å². The molecule has 0 spiro atoms. The van der Waals surface area contributed by atoms with Crippen LogP contribution in [0.4, 0.5) is 0 Å². The summed E-state index contributed by atoms with van der Waals surface area (Å²) in [7, 11) is 1.75. The van der Waals surface area contributed by atoms with E-state index in [2.05, 4.69) is 20.8 Å². The highest BCUT2D eigenvalue weighted by Crippen LogP contribution is 2.20. The molecule has 0 saturated heterocycles. The third-order valence-electron chi connectivity index (χ3n) is 2.81. The molecule has 0 unspecified atom stereocenters. The monoisotopic (exact) mass is 188 g/mol. The highest BCUT2D eigenvalue weighted by Gasteiger charge is 2.17. The van der Waals surface area contributed by atoms with Gasteiger partial charge in [-0.15, -0.1) is 0 Å². The molecule has 0 aliphatic heterocycles. The molecular weight excluding hydrogens is 164 g/mol. The highest BCUT2D eigenvalue weighted by atomic mass is 16.5. The molecule has 0 heterocycles. The van der Waals surface area contributed by atoms with Gasteiger partial charge in [-0.2, -0.15) is 0 Å². The van der Waals surface area contributed by atoms with Gasteiger partial charge in [-0.3, -0.25) is 0 Å². The van der Waals surface area contributed by atoms with Crippen molar-refractivity contribution < 1.29 is 9.84 Å². The molecule has 0 amide bonds. The molecule has 2 heteroatoms. The lowest BCUT2D eigenvalue weighted by Crippen LogP contribution is -2.23. The van der Waals surface area contributed by atoms with E-state index in [-0.39, 0.29) is 11.7 Å². The van der Waals surface area contributed by atoms with Crippen LogP contribution in [0.5, 0.6) is 0 Å². The van der Waals surface area contributed by atoms with Crippen molar-refractivity contribution in [2.45, 2.75) is 58.7 Å².